The Kier molecular flexibility index (Phi) is 4.06. The Labute approximate surface area is 127 Å². The molecule has 21 heavy (non-hydrogen) atoms. The van der Waals surface area contributed by atoms with Crippen LogP contribution in [0.3, 0.4) is 0 Å². The van der Waals surface area contributed by atoms with Crippen LogP contribution in [-0.2, 0) is 0 Å². The predicted octanol–water partition coefficient (Wildman–Crippen LogP) is 3.63. The molecule has 0 bridgehead atoms. The van der Waals surface area contributed by atoms with E-state index >= 15 is 0 Å². The van der Waals surface area contributed by atoms with Crippen LogP contribution in [0.5, 0.6) is 0 Å². The molecule has 2 aromatic heterocycles. The number of hydrogen-bond donors (Lipinski definition) is 2. The van der Waals surface area contributed by atoms with E-state index in [1.807, 2.05) is 12.1 Å². The number of aromatic amines is 1. The summed E-state index contributed by atoms with van der Waals surface area (Å²) >= 11 is 1.63. The number of hydrogen-bond acceptors (Lipinski definition) is 5. The highest BCUT2D eigenvalue weighted by Crippen LogP contribution is 2.32. The van der Waals surface area contributed by atoms with Gasteiger partial charge >= 0.3 is 0 Å². The van der Waals surface area contributed by atoms with Gasteiger partial charge in [0.05, 0.1) is 6.33 Å². The summed E-state index contributed by atoms with van der Waals surface area (Å²) < 4.78 is 0. The highest BCUT2D eigenvalue weighted by molar-refractivity contribution is 7.99. The number of fused-ring (bicyclic) bond motifs is 1. The topological polar surface area (TPSA) is 66.5 Å². The van der Waals surface area contributed by atoms with Crippen molar-refractivity contribution in [2.24, 2.45) is 0 Å². The number of nitrogens with zero attached hydrogens (tertiary/aromatic N) is 3. The molecule has 108 valence electrons. The zero-order valence-electron chi connectivity index (χ0n) is 12.1. The highest BCUT2D eigenvalue weighted by Gasteiger charge is 2.12. The molecule has 2 heterocycles. The predicted molar refractivity (Wildman–Crippen MR) is 85.8 cm³/mol. The van der Waals surface area contributed by atoms with E-state index in [0.717, 1.165) is 23.5 Å². The second kappa shape index (κ2) is 6.13. The van der Waals surface area contributed by atoms with Gasteiger partial charge in [-0.3, -0.25) is 0 Å². The van der Waals surface area contributed by atoms with Gasteiger partial charge in [0.2, 0.25) is 5.95 Å². The Morgan fingerprint density at radius 1 is 1.24 bits per heavy atom. The lowest BCUT2D eigenvalue weighted by Crippen LogP contribution is -2.05. The van der Waals surface area contributed by atoms with Crippen molar-refractivity contribution in [3.63, 3.8) is 0 Å². The first kappa shape index (κ1) is 13.9. The first-order chi connectivity index (χ1) is 10.3. The van der Waals surface area contributed by atoms with E-state index in [4.69, 9.17) is 0 Å². The zero-order chi connectivity index (χ0) is 14.7. The summed E-state index contributed by atoms with van der Waals surface area (Å²) in [5.74, 6) is 0.632. The summed E-state index contributed by atoms with van der Waals surface area (Å²) in [5.41, 5.74) is 2.81. The molecule has 0 radical (unpaired) electrons. The van der Waals surface area contributed by atoms with Gasteiger partial charge in [-0.15, -0.1) is 0 Å². The van der Waals surface area contributed by atoms with Crippen molar-refractivity contribution >= 4 is 28.9 Å². The van der Waals surface area contributed by atoms with Gasteiger partial charge in [0, 0.05) is 11.4 Å². The molecule has 3 aromatic rings. The Bertz CT molecular complexity index is 753. The van der Waals surface area contributed by atoms with Crippen LogP contribution < -0.4 is 5.32 Å². The third kappa shape index (κ3) is 3.00. The molecule has 0 aliphatic carbocycles. The second-order valence-electron chi connectivity index (χ2n) is 4.75. The van der Waals surface area contributed by atoms with Crippen LogP contribution >= 0.6 is 11.8 Å². The lowest BCUT2D eigenvalue weighted by atomic mass is 10.2. The summed E-state index contributed by atoms with van der Waals surface area (Å²) in [6.45, 7) is 5.07. The SMILES string of the molecule is CCCNc1nc(Sc2ccccc2C)c2[nH]cnc2n1. The van der Waals surface area contributed by atoms with Crippen molar-refractivity contribution < 1.29 is 0 Å². The van der Waals surface area contributed by atoms with Crippen LogP contribution in [0.15, 0.2) is 40.5 Å². The van der Waals surface area contributed by atoms with Crippen molar-refractivity contribution in [2.75, 3.05) is 11.9 Å². The minimum Gasteiger partial charge on any atom is -0.354 e. The van der Waals surface area contributed by atoms with Crippen LogP contribution in [0, 0.1) is 6.92 Å². The molecule has 5 nitrogen and oxygen atoms in total. The minimum absolute atomic E-state index is 0.632. The van der Waals surface area contributed by atoms with Gasteiger partial charge in [0.15, 0.2) is 5.65 Å². The molecule has 0 saturated carbocycles. The molecule has 0 atom stereocenters. The number of anilines is 1. The van der Waals surface area contributed by atoms with E-state index in [2.05, 4.69) is 51.2 Å². The number of H-pyrrole nitrogens is 1. The quantitative estimate of drug-likeness (QED) is 0.704. The van der Waals surface area contributed by atoms with Crippen LogP contribution in [0.25, 0.3) is 11.2 Å². The molecule has 1 aromatic carbocycles. The molecule has 0 saturated heterocycles. The van der Waals surface area contributed by atoms with Crippen molar-refractivity contribution in [2.45, 2.75) is 30.2 Å². The fraction of sp³-hybridized carbons (Fsp3) is 0.267. The molecule has 0 aliphatic heterocycles. The molecule has 0 amide bonds. The van der Waals surface area contributed by atoms with E-state index in [1.165, 1.54) is 10.5 Å². The second-order valence-corrected chi connectivity index (χ2v) is 5.78. The van der Waals surface area contributed by atoms with E-state index in [9.17, 15) is 0 Å². The summed E-state index contributed by atoms with van der Waals surface area (Å²) in [5, 5.41) is 4.12. The summed E-state index contributed by atoms with van der Waals surface area (Å²) in [6.07, 6.45) is 2.69. The maximum absolute atomic E-state index is 4.62. The summed E-state index contributed by atoms with van der Waals surface area (Å²) in [4.78, 5) is 17.6. The van der Waals surface area contributed by atoms with Crippen LogP contribution in [0.2, 0.25) is 0 Å². The van der Waals surface area contributed by atoms with E-state index in [1.54, 1.807) is 18.1 Å². The van der Waals surface area contributed by atoms with Gasteiger partial charge in [-0.05, 0) is 25.0 Å². The Morgan fingerprint density at radius 3 is 2.90 bits per heavy atom. The monoisotopic (exact) mass is 299 g/mol. The fourth-order valence-corrected chi connectivity index (χ4v) is 2.94. The Morgan fingerprint density at radius 2 is 2.10 bits per heavy atom. The smallest absolute Gasteiger partial charge is 0.225 e. The number of aromatic nitrogens is 4. The lowest BCUT2D eigenvalue weighted by molar-refractivity contribution is 0.943. The van der Waals surface area contributed by atoms with Gasteiger partial charge in [0.1, 0.15) is 10.5 Å². The molecule has 0 spiro atoms. The third-order valence-corrected chi connectivity index (χ3v) is 4.25. The summed E-state index contributed by atoms with van der Waals surface area (Å²) in [6, 6.07) is 8.28. The number of nitrogens with one attached hydrogen (secondary N) is 2. The Hall–Kier alpha value is -2.08. The summed E-state index contributed by atoms with van der Waals surface area (Å²) in [7, 11) is 0. The average Bonchev–Trinajstić information content (AvgIpc) is 2.96. The van der Waals surface area contributed by atoms with Crippen molar-refractivity contribution in [1.82, 2.24) is 19.9 Å². The number of benzene rings is 1. The van der Waals surface area contributed by atoms with E-state index in [0.29, 0.717) is 11.6 Å². The van der Waals surface area contributed by atoms with Crippen molar-refractivity contribution in [1.29, 1.82) is 0 Å². The molecule has 3 rings (SSSR count). The maximum Gasteiger partial charge on any atom is 0.225 e. The largest absolute Gasteiger partial charge is 0.354 e. The first-order valence-corrected chi connectivity index (χ1v) is 7.78. The third-order valence-electron chi connectivity index (χ3n) is 3.09. The molecule has 0 unspecified atom stereocenters. The fourth-order valence-electron chi connectivity index (χ4n) is 1.97. The minimum atomic E-state index is 0.632. The van der Waals surface area contributed by atoms with Gasteiger partial charge in [-0.1, -0.05) is 36.9 Å². The lowest BCUT2D eigenvalue weighted by Gasteiger charge is -2.08. The van der Waals surface area contributed by atoms with Gasteiger partial charge < -0.3 is 10.3 Å². The van der Waals surface area contributed by atoms with Crippen molar-refractivity contribution in [3.8, 4) is 0 Å². The molecule has 6 heteroatoms. The molecule has 0 aliphatic rings. The van der Waals surface area contributed by atoms with E-state index in [-0.39, 0.29) is 0 Å². The number of imidazole rings is 1. The standard InChI is InChI=1S/C15H17N5S/c1-3-8-16-15-19-13-12(17-9-18-13)14(20-15)21-11-7-5-4-6-10(11)2/h4-7,9H,3,8H2,1-2H3,(H2,16,17,18,19,20). The Balaban J connectivity index is 2.00. The number of rotatable bonds is 5. The average molecular weight is 299 g/mol. The van der Waals surface area contributed by atoms with E-state index < -0.39 is 0 Å². The molecular formula is C15H17N5S. The molecule has 0 fully saturated rings. The van der Waals surface area contributed by atoms with Gasteiger partial charge in [-0.25, -0.2) is 9.97 Å². The highest BCUT2D eigenvalue weighted by atomic mass is 32.2. The molecular weight excluding hydrogens is 282 g/mol. The normalized spacial score (nSPS) is 11.0. The number of aryl methyl sites for hydroxylation is 1. The van der Waals surface area contributed by atoms with Gasteiger partial charge in [-0.2, -0.15) is 4.98 Å². The molecule has 2 N–H and O–H groups in total. The first-order valence-electron chi connectivity index (χ1n) is 6.96. The van der Waals surface area contributed by atoms with Gasteiger partial charge in [0.25, 0.3) is 0 Å². The maximum atomic E-state index is 4.62. The van der Waals surface area contributed by atoms with Crippen LogP contribution in [0.1, 0.15) is 18.9 Å². The zero-order valence-corrected chi connectivity index (χ0v) is 12.9. The van der Waals surface area contributed by atoms with Crippen LogP contribution in [-0.4, -0.2) is 26.5 Å². The van der Waals surface area contributed by atoms with Crippen LogP contribution in [0.4, 0.5) is 5.95 Å². The van der Waals surface area contributed by atoms with Crippen molar-refractivity contribution in [3.05, 3.63) is 36.2 Å².